The van der Waals surface area contributed by atoms with E-state index in [4.69, 9.17) is 16.3 Å². The van der Waals surface area contributed by atoms with Crippen LogP contribution in [-0.2, 0) is 16.1 Å². The molecule has 0 amide bonds. The third kappa shape index (κ3) is 4.41. The largest absolute Gasteiger partial charge is 0.495 e. The standard InChI is InChI=1S/C31H34ClNO3/c1-30(2)14-22-28(24(34)16-30)27(20-11-12-26(36-5)21(32)13-20)29-23(15-31(3,4)17-25(29)35)33(22)18-19-9-7-6-8-10-19/h6-13,27H,14-18H2,1-5H3. The molecule has 0 unspecified atom stereocenters. The normalized spacial score (nSPS) is 21.4. The number of halogens is 1. The Bertz CT molecular complexity index is 1250. The fourth-order valence-electron chi connectivity index (χ4n) is 6.20. The van der Waals surface area contributed by atoms with Crippen molar-refractivity contribution in [2.75, 3.05) is 7.11 Å². The second kappa shape index (κ2) is 8.92. The van der Waals surface area contributed by atoms with Gasteiger partial charge in [0.2, 0.25) is 0 Å². The quantitative estimate of drug-likeness (QED) is 0.441. The third-order valence-corrected chi connectivity index (χ3v) is 8.01. The molecule has 4 nitrogen and oxygen atoms in total. The van der Waals surface area contributed by atoms with Crippen molar-refractivity contribution in [2.45, 2.75) is 65.8 Å². The molecule has 0 aromatic heterocycles. The summed E-state index contributed by atoms with van der Waals surface area (Å²) in [6.45, 7) is 9.29. The molecule has 0 radical (unpaired) electrons. The van der Waals surface area contributed by atoms with E-state index in [1.807, 2.05) is 36.4 Å². The van der Waals surface area contributed by atoms with Crippen molar-refractivity contribution in [1.29, 1.82) is 0 Å². The molecule has 0 fully saturated rings. The lowest BCUT2D eigenvalue weighted by atomic mass is 9.63. The maximum atomic E-state index is 13.9. The highest BCUT2D eigenvalue weighted by atomic mass is 35.5. The van der Waals surface area contributed by atoms with Gasteiger partial charge in [-0.25, -0.2) is 0 Å². The van der Waals surface area contributed by atoms with Gasteiger partial charge in [0.25, 0.3) is 0 Å². The van der Waals surface area contributed by atoms with Gasteiger partial charge >= 0.3 is 0 Å². The number of carbonyl (C=O) groups is 2. The van der Waals surface area contributed by atoms with Gasteiger partial charge in [0.15, 0.2) is 11.6 Å². The summed E-state index contributed by atoms with van der Waals surface area (Å²) in [5.41, 5.74) is 5.37. The zero-order valence-electron chi connectivity index (χ0n) is 21.8. The summed E-state index contributed by atoms with van der Waals surface area (Å²) in [7, 11) is 1.59. The van der Waals surface area contributed by atoms with Gasteiger partial charge in [-0.2, -0.15) is 0 Å². The molecule has 0 N–H and O–H groups in total. The van der Waals surface area contributed by atoms with Crippen LogP contribution >= 0.6 is 11.6 Å². The van der Waals surface area contributed by atoms with Gasteiger partial charge in [-0.3, -0.25) is 9.59 Å². The SMILES string of the molecule is COc1ccc(C2C3=C(CC(C)(C)CC3=O)N(Cc3ccccc3)C3=C2C(=O)CC(C)(C)C3)cc1Cl. The smallest absolute Gasteiger partial charge is 0.162 e. The summed E-state index contributed by atoms with van der Waals surface area (Å²) in [6.07, 6.45) is 2.50. The van der Waals surface area contributed by atoms with E-state index in [9.17, 15) is 9.59 Å². The molecule has 2 aromatic carbocycles. The van der Waals surface area contributed by atoms with Crippen molar-refractivity contribution < 1.29 is 14.3 Å². The molecule has 0 saturated carbocycles. The van der Waals surface area contributed by atoms with Gasteiger partial charge in [0, 0.05) is 47.8 Å². The Morgan fingerprint density at radius 3 is 1.92 bits per heavy atom. The first-order valence-electron chi connectivity index (χ1n) is 12.7. The van der Waals surface area contributed by atoms with Crippen molar-refractivity contribution in [3.8, 4) is 5.75 Å². The van der Waals surface area contributed by atoms with E-state index in [1.54, 1.807) is 7.11 Å². The molecule has 0 atom stereocenters. The molecule has 2 aromatic rings. The minimum absolute atomic E-state index is 0.125. The fourth-order valence-corrected chi connectivity index (χ4v) is 6.47. The second-order valence-corrected chi connectivity index (χ2v) is 12.4. The summed E-state index contributed by atoms with van der Waals surface area (Å²) in [5, 5.41) is 0.484. The van der Waals surface area contributed by atoms with Gasteiger partial charge in [-0.05, 0) is 46.9 Å². The molecule has 188 valence electrons. The van der Waals surface area contributed by atoms with Crippen LogP contribution in [0.1, 0.15) is 70.4 Å². The van der Waals surface area contributed by atoms with Crippen molar-refractivity contribution in [3.05, 3.63) is 87.2 Å². The number of hydrogen-bond acceptors (Lipinski definition) is 4. The summed E-state index contributed by atoms with van der Waals surface area (Å²) in [5.74, 6) is 0.427. The molecular weight excluding hydrogens is 470 g/mol. The monoisotopic (exact) mass is 503 g/mol. The molecule has 0 bridgehead atoms. The Morgan fingerprint density at radius 2 is 1.42 bits per heavy atom. The maximum absolute atomic E-state index is 13.9. The summed E-state index contributed by atoms with van der Waals surface area (Å²) < 4.78 is 5.38. The Balaban J connectivity index is 1.76. The van der Waals surface area contributed by atoms with Crippen molar-refractivity contribution in [3.63, 3.8) is 0 Å². The number of hydrogen-bond donors (Lipinski definition) is 0. The third-order valence-electron chi connectivity index (χ3n) is 7.71. The molecule has 2 aliphatic carbocycles. The Hall–Kier alpha value is -2.85. The average Bonchev–Trinajstić information content (AvgIpc) is 2.79. The van der Waals surface area contributed by atoms with Gasteiger partial charge < -0.3 is 9.64 Å². The number of methoxy groups -OCH3 is 1. The van der Waals surface area contributed by atoms with Crippen LogP contribution in [-0.4, -0.2) is 23.6 Å². The van der Waals surface area contributed by atoms with E-state index in [0.29, 0.717) is 30.2 Å². The molecule has 1 heterocycles. The predicted molar refractivity (Wildman–Crippen MR) is 143 cm³/mol. The van der Waals surface area contributed by atoms with Crippen LogP contribution < -0.4 is 4.74 Å². The van der Waals surface area contributed by atoms with Crippen LogP contribution in [0.4, 0.5) is 0 Å². The average molecular weight is 504 g/mol. The molecule has 5 rings (SSSR count). The minimum Gasteiger partial charge on any atom is -0.495 e. The summed E-state index contributed by atoms with van der Waals surface area (Å²) in [6, 6.07) is 16.0. The Kier molecular flexibility index (Phi) is 6.15. The molecule has 5 heteroatoms. The lowest BCUT2D eigenvalue weighted by Gasteiger charge is -2.49. The van der Waals surface area contributed by atoms with Crippen molar-refractivity contribution >= 4 is 23.2 Å². The van der Waals surface area contributed by atoms with Crippen LogP contribution in [0, 0.1) is 10.8 Å². The Morgan fingerprint density at radius 1 is 0.861 bits per heavy atom. The maximum Gasteiger partial charge on any atom is 0.162 e. The Labute approximate surface area is 219 Å². The van der Waals surface area contributed by atoms with Gasteiger partial charge in [-0.15, -0.1) is 0 Å². The number of ether oxygens (including phenoxy) is 1. The lowest BCUT2D eigenvalue weighted by molar-refractivity contribution is -0.119. The van der Waals surface area contributed by atoms with Crippen LogP contribution in [0.3, 0.4) is 0 Å². The van der Waals surface area contributed by atoms with Gasteiger partial charge in [0.1, 0.15) is 5.75 Å². The first-order valence-corrected chi connectivity index (χ1v) is 13.0. The minimum atomic E-state index is -0.405. The van der Waals surface area contributed by atoms with Crippen molar-refractivity contribution in [1.82, 2.24) is 4.90 Å². The van der Waals surface area contributed by atoms with Crippen LogP contribution in [0.15, 0.2) is 71.1 Å². The predicted octanol–water partition coefficient (Wildman–Crippen LogP) is 7.23. The first kappa shape index (κ1) is 24.8. The fraction of sp³-hybridized carbons (Fsp3) is 0.419. The molecular formula is C31H34ClNO3. The number of ketones is 2. The zero-order chi connectivity index (χ0) is 25.8. The van der Waals surface area contributed by atoms with E-state index < -0.39 is 5.92 Å². The highest BCUT2D eigenvalue weighted by Gasteiger charge is 2.49. The lowest BCUT2D eigenvalue weighted by Crippen LogP contribution is -2.44. The molecule has 3 aliphatic rings. The van der Waals surface area contributed by atoms with E-state index >= 15 is 0 Å². The molecule has 0 spiro atoms. The topological polar surface area (TPSA) is 46.6 Å². The number of Topliss-reactive ketones (excluding diaryl/α,β-unsaturated/α-hetero) is 2. The number of carbonyl (C=O) groups excluding carboxylic acids is 2. The molecule has 36 heavy (non-hydrogen) atoms. The number of allylic oxidation sites excluding steroid dienone is 4. The van der Waals surface area contributed by atoms with Gasteiger partial charge in [0.05, 0.1) is 12.1 Å². The van der Waals surface area contributed by atoms with Gasteiger partial charge in [-0.1, -0.05) is 75.7 Å². The van der Waals surface area contributed by atoms with E-state index in [0.717, 1.165) is 46.5 Å². The highest BCUT2D eigenvalue weighted by molar-refractivity contribution is 6.32. The second-order valence-electron chi connectivity index (χ2n) is 12.0. The van der Waals surface area contributed by atoms with E-state index in [-0.39, 0.29) is 22.4 Å². The summed E-state index contributed by atoms with van der Waals surface area (Å²) >= 11 is 6.56. The summed E-state index contributed by atoms with van der Waals surface area (Å²) in [4.78, 5) is 30.0. The molecule has 1 aliphatic heterocycles. The highest BCUT2D eigenvalue weighted by Crippen LogP contribution is 2.55. The number of benzene rings is 2. The van der Waals surface area contributed by atoms with Crippen molar-refractivity contribution in [2.24, 2.45) is 10.8 Å². The number of nitrogens with zero attached hydrogens (tertiary/aromatic N) is 1. The molecule has 0 saturated heterocycles. The van der Waals surface area contributed by atoms with E-state index in [1.165, 1.54) is 0 Å². The first-order chi connectivity index (χ1) is 17.0. The van der Waals surface area contributed by atoms with Crippen LogP contribution in [0.2, 0.25) is 5.02 Å². The van der Waals surface area contributed by atoms with Crippen LogP contribution in [0.25, 0.3) is 0 Å². The van der Waals surface area contributed by atoms with E-state index in [2.05, 4.69) is 44.7 Å². The van der Waals surface area contributed by atoms with Crippen LogP contribution in [0.5, 0.6) is 5.75 Å². The zero-order valence-corrected chi connectivity index (χ0v) is 22.5. The number of rotatable bonds is 4.